The number of rotatable bonds is 3. The molecule has 20 heavy (non-hydrogen) atoms. The van der Waals surface area contributed by atoms with E-state index in [1.165, 1.54) is 11.0 Å². The first-order valence-electron chi connectivity index (χ1n) is 5.54. The van der Waals surface area contributed by atoms with Crippen LogP contribution in [-0.2, 0) is 13.8 Å². The van der Waals surface area contributed by atoms with Crippen molar-refractivity contribution < 1.29 is 17.6 Å². The molecule has 1 fully saturated rings. The van der Waals surface area contributed by atoms with Gasteiger partial charge in [0.05, 0.1) is 20.9 Å². The normalized spacial score (nSPS) is 19.7. The van der Waals surface area contributed by atoms with E-state index in [9.17, 15) is 17.6 Å². The Bertz CT molecular complexity index is 668. The minimum atomic E-state index is -3.68. The highest BCUT2D eigenvalue weighted by Crippen LogP contribution is 2.35. The predicted molar refractivity (Wildman–Crippen MR) is 79.2 cm³/mol. The Kier molecular flexibility index (Phi) is 4.63. The summed E-state index contributed by atoms with van der Waals surface area (Å²) in [7, 11) is 1.50. The van der Waals surface area contributed by atoms with Crippen LogP contribution in [0.2, 0.25) is 5.02 Å². The molecule has 2 rings (SSSR count). The quantitative estimate of drug-likeness (QED) is 0.574. The van der Waals surface area contributed by atoms with E-state index in [4.69, 9.17) is 22.3 Å². The number of halogens is 4. The number of benzene rings is 1. The van der Waals surface area contributed by atoms with Crippen molar-refractivity contribution in [1.82, 2.24) is 0 Å². The number of hydrogen-bond donors (Lipinski definition) is 0. The van der Waals surface area contributed by atoms with Crippen LogP contribution >= 0.6 is 38.2 Å². The van der Waals surface area contributed by atoms with Crippen LogP contribution in [0.4, 0.5) is 10.1 Å². The Morgan fingerprint density at radius 2 is 2.10 bits per heavy atom. The highest BCUT2D eigenvalue weighted by molar-refractivity contribution is 9.10. The lowest BCUT2D eigenvalue weighted by atomic mass is 10.1. The average molecular weight is 405 g/mol. The summed E-state index contributed by atoms with van der Waals surface area (Å²) < 4.78 is 35.8. The van der Waals surface area contributed by atoms with Crippen LogP contribution < -0.4 is 4.90 Å². The molecule has 110 valence electrons. The van der Waals surface area contributed by atoms with Crippen molar-refractivity contribution in [3.63, 3.8) is 0 Å². The molecule has 0 spiro atoms. The van der Waals surface area contributed by atoms with Crippen molar-refractivity contribution in [1.29, 1.82) is 0 Å². The number of nitrogens with zero attached hydrogens (tertiary/aromatic N) is 1. The molecule has 0 N–H and O–H groups in total. The number of anilines is 1. The van der Waals surface area contributed by atoms with Gasteiger partial charge in [-0.2, -0.15) is 0 Å². The van der Waals surface area contributed by atoms with Crippen molar-refractivity contribution in [2.45, 2.75) is 6.42 Å². The SMILES string of the molecule is O=C1CC(CS(=O)(=O)Cl)CN1c1cc(F)c(Br)cc1Cl. The fraction of sp³-hybridized carbons (Fsp3) is 0.364. The summed E-state index contributed by atoms with van der Waals surface area (Å²) in [5.74, 6) is -1.58. The molecule has 1 aliphatic rings. The van der Waals surface area contributed by atoms with E-state index in [0.29, 0.717) is 0 Å². The molecule has 1 saturated heterocycles. The molecule has 0 saturated carbocycles. The maximum Gasteiger partial charge on any atom is 0.232 e. The Morgan fingerprint density at radius 1 is 1.45 bits per heavy atom. The van der Waals surface area contributed by atoms with Crippen LogP contribution in [0.25, 0.3) is 0 Å². The monoisotopic (exact) mass is 403 g/mol. The highest BCUT2D eigenvalue weighted by Gasteiger charge is 2.34. The van der Waals surface area contributed by atoms with Gasteiger partial charge in [-0.3, -0.25) is 4.79 Å². The maximum absolute atomic E-state index is 13.5. The Morgan fingerprint density at radius 3 is 2.70 bits per heavy atom. The van der Waals surface area contributed by atoms with E-state index in [1.54, 1.807) is 0 Å². The zero-order chi connectivity index (χ0) is 15.1. The van der Waals surface area contributed by atoms with Crippen LogP contribution in [-0.4, -0.2) is 26.6 Å². The van der Waals surface area contributed by atoms with E-state index in [1.807, 2.05) is 0 Å². The first-order chi connectivity index (χ1) is 9.17. The molecule has 1 unspecified atom stereocenters. The maximum atomic E-state index is 13.5. The summed E-state index contributed by atoms with van der Waals surface area (Å²) in [5.41, 5.74) is 0.229. The van der Waals surface area contributed by atoms with Crippen molar-refractivity contribution in [3.05, 3.63) is 27.4 Å². The second kappa shape index (κ2) is 5.79. The van der Waals surface area contributed by atoms with E-state index in [2.05, 4.69) is 15.9 Å². The van der Waals surface area contributed by atoms with Crippen molar-refractivity contribution in [3.8, 4) is 0 Å². The van der Waals surface area contributed by atoms with Crippen LogP contribution in [0.1, 0.15) is 6.42 Å². The van der Waals surface area contributed by atoms with Crippen LogP contribution in [0, 0.1) is 11.7 Å². The largest absolute Gasteiger partial charge is 0.310 e. The lowest BCUT2D eigenvalue weighted by molar-refractivity contribution is -0.117. The van der Waals surface area contributed by atoms with Gasteiger partial charge >= 0.3 is 0 Å². The van der Waals surface area contributed by atoms with E-state index in [0.717, 1.165) is 6.07 Å². The smallest absolute Gasteiger partial charge is 0.232 e. The van der Waals surface area contributed by atoms with Crippen molar-refractivity contribution in [2.75, 3.05) is 17.2 Å². The standard InChI is InChI=1S/C11H9BrCl2FNO3S/c12-7-2-8(13)10(3-9(7)15)16-4-6(1-11(16)17)5-20(14,18)19/h2-3,6H,1,4-5H2. The van der Waals surface area contributed by atoms with Gasteiger partial charge in [-0.05, 0) is 22.0 Å². The third-order valence-corrected chi connectivity index (χ3v) is 5.08. The minimum Gasteiger partial charge on any atom is -0.310 e. The fourth-order valence-corrected chi connectivity index (χ4v) is 4.19. The number of carbonyl (C=O) groups is 1. The van der Waals surface area contributed by atoms with E-state index in [-0.39, 0.29) is 39.8 Å². The van der Waals surface area contributed by atoms with Crippen LogP contribution in [0.15, 0.2) is 16.6 Å². The summed E-state index contributed by atoms with van der Waals surface area (Å²) >= 11 is 8.99. The molecule has 0 radical (unpaired) electrons. The summed E-state index contributed by atoms with van der Waals surface area (Å²) in [6.07, 6.45) is 0.0416. The molecular formula is C11H9BrCl2FNO3S. The lowest BCUT2D eigenvalue weighted by Gasteiger charge is -2.18. The molecular weight excluding hydrogens is 396 g/mol. The van der Waals surface area contributed by atoms with Gasteiger partial charge in [-0.1, -0.05) is 11.6 Å². The molecule has 4 nitrogen and oxygen atoms in total. The van der Waals surface area contributed by atoms with Gasteiger partial charge in [0.15, 0.2) is 0 Å². The minimum absolute atomic E-state index is 0.0416. The summed E-state index contributed by atoms with van der Waals surface area (Å²) in [4.78, 5) is 13.2. The molecule has 1 heterocycles. The van der Waals surface area contributed by atoms with Crippen LogP contribution in [0.3, 0.4) is 0 Å². The first kappa shape index (κ1) is 16.0. The molecule has 0 aromatic heterocycles. The predicted octanol–water partition coefficient (Wildman–Crippen LogP) is 3.16. The Labute approximate surface area is 133 Å². The van der Waals surface area contributed by atoms with Gasteiger partial charge in [0.2, 0.25) is 15.0 Å². The Hall–Kier alpha value is -0.370. The fourth-order valence-electron chi connectivity index (χ4n) is 2.13. The molecule has 1 aromatic rings. The van der Waals surface area contributed by atoms with Gasteiger partial charge in [0.1, 0.15) is 5.82 Å². The van der Waals surface area contributed by atoms with Crippen molar-refractivity contribution in [2.24, 2.45) is 5.92 Å². The molecule has 0 aliphatic carbocycles. The molecule has 1 amide bonds. The summed E-state index contributed by atoms with van der Waals surface area (Å²) in [6, 6.07) is 2.49. The third-order valence-electron chi connectivity index (χ3n) is 2.92. The molecule has 9 heteroatoms. The molecule has 1 atom stereocenters. The first-order valence-corrected chi connectivity index (χ1v) is 9.19. The number of amides is 1. The van der Waals surface area contributed by atoms with Gasteiger partial charge in [-0.15, -0.1) is 0 Å². The second-order valence-corrected chi connectivity index (χ2v) is 8.58. The lowest BCUT2D eigenvalue weighted by Crippen LogP contribution is -2.25. The number of hydrogen-bond acceptors (Lipinski definition) is 3. The Balaban J connectivity index is 2.26. The molecule has 1 aliphatic heterocycles. The zero-order valence-corrected chi connectivity index (χ0v) is 13.9. The van der Waals surface area contributed by atoms with Crippen molar-refractivity contribution >= 4 is 58.9 Å². The van der Waals surface area contributed by atoms with Crippen LogP contribution in [0.5, 0.6) is 0 Å². The highest BCUT2D eigenvalue weighted by atomic mass is 79.9. The van der Waals surface area contributed by atoms with Gasteiger partial charge in [-0.25, -0.2) is 12.8 Å². The third kappa shape index (κ3) is 3.63. The molecule has 0 bridgehead atoms. The topological polar surface area (TPSA) is 54.5 Å². The zero-order valence-electron chi connectivity index (χ0n) is 9.95. The van der Waals surface area contributed by atoms with E-state index < -0.39 is 20.8 Å². The van der Waals surface area contributed by atoms with Gasteiger partial charge in [0, 0.05) is 35.6 Å². The van der Waals surface area contributed by atoms with Gasteiger partial charge < -0.3 is 4.90 Å². The van der Waals surface area contributed by atoms with E-state index >= 15 is 0 Å². The second-order valence-electron chi connectivity index (χ2n) is 4.50. The number of carbonyl (C=O) groups excluding carboxylic acids is 1. The summed E-state index contributed by atoms with van der Waals surface area (Å²) in [5, 5.41) is 0.209. The molecule has 1 aromatic carbocycles. The average Bonchev–Trinajstić information content (AvgIpc) is 2.62. The van der Waals surface area contributed by atoms with Gasteiger partial charge in [0.25, 0.3) is 0 Å². The summed E-state index contributed by atoms with van der Waals surface area (Å²) in [6.45, 7) is 0.144.